The number of hydrogen-bond acceptors (Lipinski definition) is 3. The molecule has 0 radical (unpaired) electrons. The number of carbonyl (C=O) groups excluding carboxylic acids is 2. The number of rotatable bonds is 5. The summed E-state index contributed by atoms with van der Waals surface area (Å²) in [5, 5.41) is 5.21. The van der Waals surface area contributed by atoms with Gasteiger partial charge in [-0.1, -0.05) is 12.1 Å². The smallest absolute Gasteiger partial charge is 0.259 e. The fourth-order valence-electron chi connectivity index (χ4n) is 2.04. The first kappa shape index (κ1) is 16.5. The third-order valence-electron chi connectivity index (χ3n) is 3.26. The average Bonchev–Trinajstić information content (AvgIpc) is 2.56. The predicted octanol–water partition coefficient (Wildman–Crippen LogP) is 2.38. The van der Waals surface area contributed by atoms with Crippen LogP contribution < -0.4 is 15.4 Å². The molecule has 2 N–H and O–H groups in total. The number of halogens is 1. The molecular formula is C17H17FN2O3. The molecule has 5 nitrogen and oxygen atoms in total. The van der Waals surface area contributed by atoms with Crippen molar-refractivity contribution in [3.8, 4) is 5.75 Å². The molecule has 0 aliphatic carbocycles. The number of carbonyl (C=O) groups is 2. The normalized spacial score (nSPS) is 10.0. The molecule has 6 heteroatoms. The molecule has 0 bridgehead atoms. The Bertz CT molecular complexity index is 714. The Morgan fingerprint density at radius 2 is 1.83 bits per heavy atom. The minimum Gasteiger partial charge on any atom is -0.496 e. The van der Waals surface area contributed by atoms with Gasteiger partial charge in [-0.05, 0) is 35.9 Å². The molecule has 0 aliphatic heterocycles. The zero-order chi connectivity index (χ0) is 16.8. The molecule has 2 amide bonds. The molecule has 2 aromatic rings. The maximum absolute atomic E-state index is 13.3. The molecule has 23 heavy (non-hydrogen) atoms. The van der Waals surface area contributed by atoms with E-state index in [0.29, 0.717) is 11.4 Å². The van der Waals surface area contributed by atoms with Crippen LogP contribution >= 0.6 is 0 Å². The highest BCUT2D eigenvalue weighted by molar-refractivity contribution is 6.06. The van der Waals surface area contributed by atoms with Crippen molar-refractivity contribution in [1.29, 1.82) is 0 Å². The molecule has 0 fully saturated rings. The molecule has 0 spiro atoms. The van der Waals surface area contributed by atoms with E-state index in [0.717, 1.165) is 11.6 Å². The fourth-order valence-corrected chi connectivity index (χ4v) is 2.04. The van der Waals surface area contributed by atoms with Gasteiger partial charge in [-0.25, -0.2) is 4.39 Å². The molecule has 0 atom stereocenters. The first-order valence-electron chi connectivity index (χ1n) is 6.98. The number of methoxy groups -OCH3 is 1. The van der Waals surface area contributed by atoms with Crippen molar-refractivity contribution in [3.63, 3.8) is 0 Å². The molecular weight excluding hydrogens is 299 g/mol. The van der Waals surface area contributed by atoms with Crippen molar-refractivity contribution < 1.29 is 18.7 Å². The van der Waals surface area contributed by atoms with Crippen LogP contribution in [0.15, 0.2) is 42.5 Å². The molecule has 0 unspecified atom stereocenters. The molecule has 120 valence electrons. The van der Waals surface area contributed by atoms with E-state index in [1.54, 1.807) is 31.3 Å². The first-order valence-corrected chi connectivity index (χ1v) is 6.98. The van der Waals surface area contributed by atoms with Gasteiger partial charge in [0.05, 0.1) is 19.1 Å². The lowest BCUT2D eigenvalue weighted by Gasteiger charge is -2.10. The van der Waals surface area contributed by atoms with E-state index in [4.69, 9.17) is 4.74 Å². The van der Waals surface area contributed by atoms with Gasteiger partial charge in [0, 0.05) is 12.7 Å². The zero-order valence-electron chi connectivity index (χ0n) is 12.9. The highest BCUT2D eigenvalue weighted by Gasteiger charge is 2.13. The number of ether oxygens (including phenoxy) is 1. The maximum atomic E-state index is 13.3. The molecule has 0 saturated carbocycles. The van der Waals surface area contributed by atoms with Crippen LogP contribution in [-0.2, 0) is 11.2 Å². The summed E-state index contributed by atoms with van der Waals surface area (Å²) in [6.07, 6.45) is 0.266. The van der Waals surface area contributed by atoms with Crippen LogP contribution in [-0.4, -0.2) is 26.0 Å². The van der Waals surface area contributed by atoms with Crippen LogP contribution in [0, 0.1) is 5.82 Å². The van der Waals surface area contributed by atoms with Gasteiger partial charge in [-0.15, -0.1) is 0 Å². The average molecular weight is 316 g/mol. The topological polar surface area (TPSA) is 67.4 Å². The number of anilines is 1. The van der Waals surface area contributed by atoms with Crippen LogP contribution in [0.5, 0.6) is 5.75 Å². The Kier molecular flexibility index (Phi) is 5.30. The highest BCUT2D eigenvalue weighted by atomic mass is 19.1. The summed E-state index contributed by atoms with van der Waals surface area (Å²) < 4.78 is 18.4. The minimum absolute atomic E-state index is 0.0914. The van der Waals surface area contributed by atoms with Gasteiger partial charge >= 0.3 is 0 Å². The largest absolute Gasteiger partial charge is 0.496 e. The van der Waals surface area contributed by atoms with Gasteiger partial charge in [-0.3, -0.25) is 9.59 Å². The van der Waals surface area contributed by atoms with E-state index < -0.39 is 11.7 Å². The van der Waals surface area contributed by atoms with E-state index >= 15 is 0 Å². The summed E-state index contributed by atoms with van der Waals surface area (Å²) in [6.45, 7) is 0. The first-order chi connectivity index (χ1) is 11.0. The van der Waals surface area contributed by atoms with Crippen molar-refractivity contribution >= 4 is 17.5 Å². The number of benzene rings is 2. The van der Waals surface area contributed by atoms with Crippen molar-refractivity contribution in [1.82, 2.24) is 5.32 Å². The number of likely N-dealkylation sites (N-methyl/N-ethyl adjacent to an activating group) is 1. The predicted molar refractivity (Wildman–Crippen MR) is 85.1 cm³/mol. The van der Waals surface area contributed by atoms with Crippen molar-refractivity contribution in [2.75, 3.05) is 19.5 Å². The summed E-state index contributed by atoms with van der Waals surface area (Å²) in [6, 6.07) is 10.6. The van der Waals surface area contributed by atoms with Gasteiger partial charge in [0.15, 0.2) is 0 Å². The quantitative estimate of drug-likeness (QED) is 0.890. The van der Waals surface area contributed by atoms with Crippen molar-refractivity contribution in [3.05, 3.63) is 59.4 Å². The van der Waals surface area contributed by atoms with Gasteiger partial charge in [0.2, 0.25) is 5.91 Å². The van der Waals surface area contributed by atoms with Crippen LogP contribution in [0.1, 0.15) is 15.9 Å². The highest BCUT2D eigenvalue weighted by Crippen LogP contribution is 2.21. The standard InChI is InChI=1S/C17H17FN2O3/c1-19-16(21)9-11-3-6-13(7-4-11)20-17(22)14-10-12(18)5-8-15(14)23-2/h3-8,10H,9H2,1-2H3,(H,19,21)(H,20,22). The molecule has 2 rings (SSSR count). The van der Waals surface area contributed by atoms with E-state index in [-0.39, 0.29) is 17.9 Å². The summed E-state index contributed by atoms with van der Waals surface area (Å²) in [4.78, 5) is 23.5. The number of amides is 2. The molecule has 0 aromatic heterocycles. The fraction of sp³-hybridized carbons (Fsp3) is 0.176. The summed E-state index contributed by atoms with van der Waals surface area (Å²) in [5.74, 6) is -0.788. The molecule has 0 saturated heterocycles. The van der Waals surface area contributed by atoms with Crippen LogP contribution in [0.4, 0.5) is 10.1 Å². The number of nitrogens with one attached hydrogen (secondary N) is 2. The SMILES string of the molecule is CNC(=O)Cc1ccc(NC(=O)c2cc(F)ccc2OC)cc1. The summed E-state index contributed by atoms with van der Waals surface area (Å²) in [7, 11) is 2.99. The third-order valence-corrected chi connectivity index (χ3v) is 3.26. The van der Waals surface area contributed by atoms with E-state index in [9.17, 15) is 14.0 Å². The van der Waals surface area contributed by atoms with E-state index in [1.807, 2.05) is 0 Å². The third kappa shape index (κ3) is 4.29. The van der Waals surface area contributed by atoms with Crippen LogP contribution in [0.3, 0.4) is 0 Å². The number of hydrogen-bond donors (Lipinski definition) is 2. The summed E-state index contributed by atoms with van der Waals surface area (Å²) in [5.41, 5.74) is 1.48. The molecule has 0 heterocycles. The Morgan fingerprint density at radius 3 is 2.43 bits per heavy atom. The second kappa shape index (κ2) is 7.40. The molecule has 2 aromatic carbocycles. The van der Waals surface area contributed by atoms with Gasteiger partial charge < -0.3 is 15.4 Å². The minimum atomic E-state index is -0.517. The maximum Gasteiger partial charge on any atom is 0.259 e. The van der Waals surface area contributed by atoms with E-state index in [1.165, 1.54) is 19.2 Å². The zero-order valence-corrected chi connectivity index (χ0v) is 12.9. The lowest BCUT2D eigenvalue weighted by molar-refractivity contribution is -0.119. The lowest BCUT2D eigenvalue weighted by atomic mass is 10.1. The van der Waals surface area contributed by atoms with Crippen molar-refractivity contribution in [2.24, 2.45) is 0 Å². The molecule has 0 aliphatic rings. The second-order valence-electron chi connectivity index (χ2n) is 4.85. The van der Waals surface area contributed by atoms with Crippen molar-refractivity contribution in [2.45, 2.75) is 6.42 Å². The van der Waals surface area contributed by atoms with Gasteiger partial charge in [0.1, 0.15) is 11.6 Å². The Hall–Kier alpha value is -2.89. The second-order valence-corrected chi connectivity index (χ2v) is 4.85. The Balaban J connectivity index is 2.11. The van der Waals surface area contributed by atoms with E-state index in [2.05, 4.69) is 10.6 Å². The lowest BCUT2D eigenvalue weighted by Crippen LogP contribution is -2.19. The van der Waals surface area contributed by atoms with Crippen LogP contribution in [0.2, 0.25) is 0 Å². The summed E-state index contributed by atoms with van der Waals surface area (Å²) >= 11 is 0. The van der Waals surface area contributed by atoms with Crippen LogP contribution in [0.25, 0.3) is 0 Å². The van der Waals surface area contributed by atoms with Gasteiger partial charge in [-0.2, -0.15) is 0 Å². The monoisotopic (exact) mass is 316 g/mol. The Morgan fingerprint density at radius 1 is 1.13 bits per heavy atom. The van der Waals surface area contributed by atoms with Gasteiger partial charge in [0.25, 0.3) is 5.91 Å². The Labute approximate surface area is 133 Å².